The number of ether oxygens (including phenoxy) is 1. The van der Waals surface area contributed by atoms with Crippen molar-refractivity contribution in [2.24, 2.45) is 0 Å². The zero-order valence-electron chi connectivity index (χ0n) is 17.8. The molecule has 1 fully saturated rings. The summed E-state index contributed by atoms with van der Waals surface area (Å²) in [4.78, 5) is 28.6. The first-order valence-corrected chi connectivity index (χ1v) is 10.4. The quantitative estimate of drug-likeness (QED) is 0.593. The molecule has 0 bridgehead atoms. The number of anilines is 2. The molecule has 10 heteroatoms. The van der Waals surface area contributed by atoms with Gasteiger partial charge in [-0.15, -0.1) is 5.10 Å². The summed E-state index contributed by atoms with van der Waals surface area (Å²) in [7, 11) is 1.62. The lowest BCUT2D eigenvalue weighted by atomic mass is 10.1. The molecule has 0 spiro atoms. The maximum atomic E-state index is 12.5. The van der Waals surface area contributed by atoms with Crippen LogP contribution in [0.15, 0.2) is 54.9 Å². The van der Waals surface area contributed by atoms with Gasteiger partial charge in [0.15, 0.2) is 0 Å². The molecule has 2 amide bonds. The summed E-state index contributed by atoms with van der Waals surface area (Å²) in [5.41, 5.74) is 3.45. The highest BCUT2D eigenvalue weighted by Crippen LogP contribution is 2.19. The average Bonchev–Trinajstić information content (AvgIpc) is 3.35. The van der Waals surface area contributed by atoms with Crippen LogP contribution in [0.3, 0.4) is 0 Å². The number of rotatable bonds is 7. The van der Waals surface area contributed by atoms with E-state index in [1.54, 1.807) is 7.05 Å². The Balaban J connectivity index is 1.26. The Morgan fingerprint density at radius 3 is 2.38 bits per heavy atom. The lowest BCUT2D eigenvalue weighted by molar-refractivity contribution is -0.132. The number of hydrogen-bond acceptors (Lipinski definition) is 7. The number of nitrogens with zero attached hydrogens (tertiary/aromatic N) is 6. The maximum Gasteiger partial charge on any atom is 0.243 e. The molecule has 0 aliphatic carbocycles. The number of amides is 2. The van der Waals surface area contributed by atoms with E-state index < -0.39 is 0 Å². The van der Waals surface area contributed by atoms with Crippen molar-refractivity contribution in [2.45, 2.75) is 6.42 Å². The number of carbonyl (C=O) groups is 2. The van der Waals surface area contributed by atoms with Crippen LogP contribution in [-0.2, 0) is 20.7 Å². The first kappa shape index (κ1) is 21.4. The van der Waals surface area contributed by atoms with E-state index in [1.807, 2.05) is 48.5 Å². The van der Waals surface area contributed by atoms with Crippen LogP contribution in [0.5, 0.6) is 0 Å². The van der Waals surface area contributed by atoms with Gasteiger partial charge in [0.25, 0.3) is 0 Å². The highest BCUT2D eigenvalue weighted by Gasteiger charge is 2.15. The van der Waals surface area contributed by atoms with Crippen molar-refractivity contribution in [1.82, 2.24) is 25.1 Å². The van der Waals surface area contributed by atoms with E-state index in [1.165, 1.54) is 15.9 Å². The molecular weight excluding hydrogens is 410 g/mol. The van der Waals surface area contributed by atoms with Crippen molar-refractivity contribution in [1.29, 1.82) is 0 Å². The van der Waals surface area contributed by atoms with Crippen LogP contribution < -0.4 is 10.2 Å². The second kappa shape index (κ2) is 10.0. The number of aromatic nitrogens is 4. The van der Waals surface area contributed by atoms with Crippen LogP contribution in [0.4, 0.5) is 11.4 Å². The topological polar surface area (TPSA) is 105 Å². The summed E-state index contributed by atoms with van der Waals surface area (Å²) in [6.45, 7) is 3.15. The molecular formula is C22H25N7O3. The second-order valence-corrected chi connectivity index (χ2v) is 7.54. The van der Waals surface area contributed by atoms with Crippen molar-refractivity contribution in [3.8, 4) is 5.69 Å². The number of hydrogen-bond donors (Lipinski definition) is 1. The Labute approximate surface area is 185 Å². The third kappa shape index (κ3) is 5.46. The molecule has 3 aromatic rings. The fourth-order valence-corrected chi connectivity index (χ4v) is 3.44. The van der Waals surface area contributed by atoms with E-state index in [0.717, 1.165) is 43.2 Å². The molecule has 2 heterocycles. The molecule has 0 unspecified atom stereocenters. The molecule has 1 aliphatic heterocycles. The predicted molar refractivity (Wildman–Crippen MR) is 119 cm³/mol. The third-order valence-electron chi connectivity index (χ3n) is 5.24. The Morgan fingerprint density at radius 1 is 1.03 bits per heavy atom. The standard InChI is InChI=1S/C22H25N7O3/c1-27(22(31)14-17-2-6-20(7-3-17)29-16-23-25-26-29)15-21(30)24-18-4-8-19(9-5-18)28-10-12-32-13-11-28/h2-9,16H,10-15H2,1H3,(H,24,30). The number of nitrogens with one attached hydrogen (secondary N) is 1. The smallest absolute Gasteiger partial charge is 0.243 e. The molecule has 0 saturated carbocycles. The molecule has 0 atom stereocenters. The lowest BCUT2D eigenvalue weighted by Crippen LogP contribution is -2.36. The van der Waals surface area contributed by atoms with Crippen molar-refractivity contribution in [3.63, 3.8) is 0 Å². The van der Waals surface area contributed by atoms with Crippen LogP contribution in [0, 0.1) is 0 Å². The van der Waals surface area contributed by atoms with Gasteiger partial charge in [0.2, 0.25) is 11.8 Å². The molecule has 1 aliphatic rings. The minimum Gasteiger partial charge on any atom is -0.378 e. The molecule has 32 heavy (non-hydrogen) atoms. The number of morpholine rings is 1. The van der Waals surface area contributed by atoms with Crippen LogP contribution in [-0.4, -0.2) is 76.8 Å². The molecule has 2 aromatic carbocycles. The van der Waals surface area contributed by atoms with Gasteiger partial charge in [0.05, 0.1) is 31.9 Å². The molecule has 10 nitrogen and oxygen atoms in total. The Hall–Kier alpha value is -3.79. The highest BCUT2D eigenvalue weighted by molar-refractivity contribution is 5.94. The van der Waals surface area contributed by atoms with Gasteiger partial charge in [0, 0.05) is 31.5 Å². The largest absolute Gasteiger partial charge is 0.378 e. The van der Waals surface area contributed by atoms with Crippen molar-refractivity contribution < 1.29 is 14.3 Å². The Morgan fingerprint density at radius 2 is 1.72 bits per heavy atom. The molecule has 4 rings (SSSR count). The van der Waals surface area contributed by atoms with E-state index in [9.17, 15) is 9.59 Å². The van der Waals surface area contributed by atoms with Gasteiger partial charge in [-0.05, 0) is 52.4 Å². The van der Waals surface area contributed by atoms with Crippen molar-refractivity contribution in [3.05, 3.63) is 60.4 Å². The van der Waals surface area contributed by atoms with E-state index in [0.29, 0.717) is 5.69 Å². The third-order valence-corrected chi connectivity index (χ3v) is 5.24. The summed E-state index contributed by atoms with van der Waals surface area (Å²) in [6.07, 6.45) is 1.70. The minimum atomic E-state index is -0.242. The maximum absolute atomic E-state index is 12.5. The Bertz CT molecular complexity index is 1030. The van der Waals surface area contributed by atoms with Gasteiger partial charge in [-0.3, -0.25) is 9.59 Å². The number of tetrazole rings is 1. The highest BCUT2D eigenvalue weighted by atomic mass is 16.5. The van der Waals surface area contributed by atoms with E-state index >= 15 is 0 Å². The second-order valence-electron chi connectivity index (χ2n) is 7.54. The van der Waals surface area contributed by atoms with Gasteiger partial charge >= 0.3 is 0 Å². The van der Waals surface area contributed by atoms with Crippen LogP contribution in [0.2, 0.25) is 0 Å². The first-order valence-electron chi connectivity index (χ1n) is 10.4. The van der Waals surface area contributed by atoms with Crippen LogP contribution in [0.25, 0.3) is 5.69 Å². The Kier molecular flexibility index (Phi) is 6.71. The SMILES string of the molecule is CN(CC(=O)Nc1ccc(N2CCOCC2)cc1)C(=O)Cc1ccc(-n2cnnn2)cc1. The number of carbonyl (C=O) groups excluding carboxylic acids is 2. The minimum absolute atomic E-state index is 0.0211. The molecule has 1 N–H and O–H groups in total. The lowest BCUT2D eigenvalue weighted by Gasteiger charge is -2.28. The van der Waals surface area contributed by atoms with Crippen LogP contribution in [0.1, 0.15) is 5.56 Å². The van der Waals surface area contributed by atoms with E-state index in [2.05, 4.69) is 25.7 Å². The summed E-state index contributed by atoms with van der Waals surface area (Å²) in [6, 6.07) is 15.1. The number of benzene rings is 2. The van der Waals surface area contributed by atoms with E-state index in [-0.39, 0.29) is 24.8 Å². The van der Waals surface area contributed by atoms with Gasteiger partial charge in [-0.2, -0.15) is 0 Å². The predicted octanol–water partition coefficient (Wildman–Crippen LogP) is 1.14. The van der Waals surface area contributed by atoms with Gasteiger partial charge in [-0.1, -0.05) is 12.1 Å². The monoisotopic (exact) mass is 435 g/mol. The fourth-order valence-electron chi connectivity index (χ4n) is 3.44. The van der Waals surface area contributed by atoms with Gasteiger partial charge in [-0.25, -0.2) is 4.68 Å². The van der Waals surface area contributed by atoms with Crippen LogP contribution >= 0.6 is 0 Å². The molecule has 1 aromatic heterocycles. The fraction of sp³-hybridized carbons (Fsp3) is 0.318. The zero-order valence-corrected chi connectivity index (χ0v) is 17.8. The molecule has 1 saturated heterocycles. The summed E-state index contributed by atoms with van der Waals surface area (Å²) in [5, 5.41) is 13.9. The average molecular weight is 435 g/mol. The zero-order chi connectivity index (χ0) is 22.3. The van der Waals surface area contributed by atoms with Gasteiger partial charge in [0.1, 0.15) is 6.33 Å². The summed E-state index contributed by atoms with van der Waals surface area (Å²) >= 11 is 0. The normalized spacial score (nSPS) is 13.6. The summed E-state index contributed by atoms with van der Waals surface area (Å²) in [5.74, 6) is -0.382. The van der Waals surface area contributed by atoms with Crippen molar-refractivity contribution >= 4 is 23.2 Å². The summed E-state index contributed by atoms with van der Waals surface area (Å²) < 4.78 is 6.91. The number of likely N-dealkylation sites (N-methyl/N-ethyl adjacent to an activating group) is 1. The first-order chi connectivity index (χ1) is 15.6. The van der Waals surface area contributed by atoms with Crippen molar-refractivity contribution in [2.75, 3.05) is 50.1 Å². The van der Waals surface area contributed by atoms with E-state index in [4.69, 9.17) is 4.74 Å². The molecule has 166 valence electrons. The van der Waals surface area contributed by atoms with Gasteiger partial charge < -0.3 is 19.9 Å². The molecule has 0 radical (unpaired) electrons.